The Morgan fingerprint density at radius 1 is 1.25 bits per heavy atom. The third-order valence-electron chi connectivity index (χ3n) is 7.45. The molecular weight excluding hydrogens is 506 g/mol. The van der Waals surface area contributed by atoms with Crippen LogP contribution in [0.5, 0.6) is 0 Å². The summed E-state index contributed by atoms with van der Waals surface area (Å²) in [6, 6.07) is 4.68. The van der Waals surface area contributed by atoms with Crippen LogP contribution in [0, 0.1) is 17.7 Å². The number of rotatable bonds is 4. The van der Waals surface area contributed by atoms with Gasteiger partial charge in [0.25, 0.3) is 5.91 Å². The molecule has 2 N–H and O–H groups in total. The number of carboxylic acid groups (broad SMARTS) is 1. The normalized spacial score (nSPS) is 24.1. The summed E-state index contributed by atoms with van der Waals surface area (Å²) in [5.41, 5.74) is 0.0985. The Labute approximate surface area is 211 Å². The van der Waals surface area contributed by atoms with Crippen molar-refractivity contribution in [3.05, 3.63) is 34.6 Å². The van der Waals surface area contributed by atoms with Crippen LogP contribution in [0.1, 0.15) is 49.9 Å². The van der Waals surface area contributed by atoms with Crippen molar-refractivity contribution in [1.82, 2.24) is 15.1 Å². The first-order chi connectivity index (χ1) is 16.8. The van der Waals surface area contributed by atoms with E-state index in [0.29, 0.717) is 30.6 Å². The standard InChI is InChI=1S/C22H29ClFN3O2.C2HF3O2/c1-3-4-14(2)27-12-16-17(13-27)22(25-20(16)28)7-9-26(10-8-22)21(29)15-5-6-18(23)19(24)11-15;3-2(4,5)1(6)7/h5-6,11,14,16-17H,3-4,7-10,12-13H2,1-2H3,(H,25,28);(H,6,7)/t14?,16-,17+;/m1./s1. The maximum Gasteiger partial charge on any atom is 0.490 e. The second-order valence-corrected chi connectivity index (χ2v) is 10.1. The molecule has 0 aliphatic carbocycles. The van der Waals surface area contributed by atoms with E-state index in [1.807, 2.05) is 0 Å². The zero-order valence-electron chi connectivity index (χ0n) is 20.1. The molecule has 3 atom stereocenters. The van der Waals surface area contributed by atoms with Crippen molar-refractivity contribution < 1.29 is 37.1 Å². The number of carbonyl (C=O) groups excluding carboxylic acids is 2. The summed E-state index contributed by atoms with van der Waals surface area (Å²) >= 11 is 5.73. The van der Waals surface area contributed by atoms with E-state index in [2.05, 4.69) is 24.1 Å². The number of hydrogen-bond donors (Lipinski definition) is 2. The molecule has 3 aliphatic rings. The fourth-order valence-corrected chi connectivity index (χ4v) is 5.58. The number of benzene rings is 1. The van der Waals surface area contributed by atoms with Crippen LogP contribution in [-0.2, 0) is 9.59 Å². The van der Waals surface area contributed by atoms with Gasteiger partial charge in [-0.05, 0) is 44.4 Å². The van der Waals surface area contributed by atoms with Gasteiger partial charge in [0.2, 0.25) is 5.91 Å². The Bertz CT molecular complexity index is 998. The molecule has 200 valence electrons. The van der Waals surface area contributed by atoms with Gasteiger partial charge in [0.15, 0.2) is 0 Å². The van der Waals surface area contributed by atoms with Crippen LogP contribution in [-0.4, -0.2) is 76.6 Å². The third kappa shape index (κ3) is 5.94. The molecule has 12 heteroatoms. The van der Waals surface area contributed by atoms with E-state index in [9.17, 15) is 27.2 Å². The average molecular weight is 536 g/mol. The molecule has 0 bridgehead atoms. The van der Waals surface area contributed by atoms with Crippen molar-refractivity contribution >= 4 is 29.4 Å². The van der Waals surface area contributed by atoms with Gasteiger partial charge in [-0.3, -0.25) is 14.5 Å². The molecule has 4 rings (SSSR count). The molecule has 1 unspecified atom stereocenters. The van der Waals surface area contributed by atoms with Crippen molar-refractivity contribution in [3.8, 4) is 0 Å². The first-order valence-corrected chi connectivity index (χ1v) is 12.3. The molecule has 1 aromatic rings. The summed E-state index contributed by atoms with van der Waals surface area (Å²) in [6.07, 6.45) is -1.30. The zero-order valence-corrected chi connectivity index (χ0v) is 20.8. The van der Waals surface area contributed by atoms with Gasteiger partial charge in [-0.25, -0.2) is 9.18 Å². The third-order valence-corrected chi connectivity index (χ3v) is 7.76. The highest BCUT2D eigenvalue weighted by Gasteiger charge is 2.57. The number of alkyl halides is 3. The number of nitrogens with zero attached hydrogens (tertiary/aromatic N) is 2. The van der Waals surface area contributed by atoms with E-state index in [-0.39, 0.29) is 28.3 Å². The summed E-state index contributed by atoms with van der Waals surface area (Å²) < 4.78 is 45.5. The lowest BCUT2D eigenvalue weighted by molar-refractivity contribution is -0.192. The zero-order chi connectivity index (χ0) is 26.8. The monoisotopic (exact) mass is 535 g/mol. The Morgan fingerprint density at radius 3 is 2.39 bits per heavy atom. The van der Waals surface area contributed by atoms with Gasteiger partial charge in [0.05, 0.1) is 10.9 Å². The summed E-state index contributed by atoms with van der Waals surface area (Å²) in [6.45, 7) is 7.36. The summed E-state index contributed by atoms with van der Waals surface area (Å²) in [4.78, 5) is 38.6. The minimum absolute atomic E-state index is 0.0157. The van der Waals surface area contributed by atoms with Gasteiger partial charge in [0.1, 0.15) is 5.82 Å². The van der Waals surface area contributed by atoms with Crippen molar-refractivity contribution in [3.63, 3.8) is 0 Å². The topological polar surface area (TPSA) is 90.0 Å². The molecule has 3 aliphatic heterocycles. The summed E-state index contributed by atoms with van der Waals surface area (Å²) in [5.74, 6) is -2.99. The fourth-order valence-electron chi connectivity index (χ4n) is 5.47. The number of carbonyl (C=O) groups is 3. The molecule has 0 aromatic heterocycles. The average Bonchev–Trinajstić information content (AvgIpc) is 3.36. The van der Waals surface area contributed by atoms with Gasteiger partial charge >= 0.3 is 12.1 Å². The molecule has 1 spiro atoms. The van der Waals surface area contributed by atoms with E-state index >= 15 is 0 Å². The van der Waals surface area contributed by atoms with Crippen LogP contribution in [0.2, 0.25) is 5.02 Å². The second-order valence-electron chi connectivity index (χ2n) is 9.67. The Kier molecular flexibility index (Phi) is 8.55. The van der Waals surface area contributed by atoms with Crippen LogP contribution in [0.3, 0.4) is 0 Å². The predicted molar refractivity (Wildman–Crippen MR) is 124 cm³/mol. The van der Waals surface area contributed by atoms with Crippen molar-refractivity contribution in [2.45, 2.75) is 57.3 Å². The smallest absolute Gasteiger partial charge is 0.475 e. The van der Waals surface area contributed by atoms with E-state index in [4.69, 9.17) is 21.5 Å². The van der Waals surface area contributed by atoms with Gasteiger partial charge in [-0.15, -0.1) is 0 Å². The molecule has 36 heavy (non-hydrogen) atoms. The molecule has 3 fully saturated rings. The number of hydrogen-bond acceptors (Lipinski definition) is 4. The van der Waals surface area contributed by atoms with E-state index in [1.165, 1.54) is 12.1 Å². The lowest BCUT2D eigenvalue weighted by Gasteiger charge is -2.43. The number of aliphatic carboxylic acids is 1. The van der Waals surface area contributed by atoms with Crippen LogP contribution >= 0.6 is 11.6 Å². The highest BCUT2D eigenvalue weighted by Crippen LogP contribution is 2.44. The second kappa shape index (κ2) is 10.9. The number of amides is 2. The van der Waals surface area contributed by atoms with Crippen LogP contribution in [0.25, 0.3) is 0 Å². The number of piperidine rings is 1. The molecule has 0 radical (unpaired) electrons. The van der Waals surface area contributed by atoms with Gasteiger partial charge < -0.3 is 15.3 Å². The first kappa shape index (κ1) is 28.2. The number of halogens is 5. The maximum absolute atomic E-state index is 13.7. The molecular formula is C24H30ClF4N3O4. The van der Waals surface area contributed by atoms with Gasteiger partial charge in [0, 0.05) is 49.2 Å². The van der Waals surface area contributed by atoms with Gasteiger partial charge in [-0.1, -0.05) is 24.9 Å². The SMILES string of the molecule is CCCC(C)N1C[C@H]2C(=O)NC3(CCN(C(=O)c4ccc(Cl)c(F)c4)CC3)[C@H]2C1.O=C(O)C(F)(F)F. The number of carboxylic acids is 1. The lowest BCUT2D eigenvalue weighted by Crippen LogP contribution is -2.56. The van der Waals surface area contributed by atoms with E-state index in [1.54, 1.807) is 11.0 Å². The van der Waals surface area contributed by atoms with Crippen LogP contribution < -0.4 is 5.32 Å². The number of fused-ring (bicyclic) bond motifs is 2. The Morgan fingerprint density at radius 2 is 1.86 bits per heavy atom. The molecule has 2 amide bonds. The van der Waals surface area contributed by atoms with Crippen molar-refractivity contribution in [2.24, 2.45) is 11.8 Å². The van der Waals surface area contributed by atoms with Crippen molar-refractivity contribution in [2.75, 3.05) is 26.2 Å². The minimum atomic E-state index is -5.08. The highest BCUT2D eigenvalue weighted by atomic mass is 35.5. The number of likely N-dealkylation sites (tertiary alicyclic amines) is 2. The van der Waals surface area contributed by atoms with Crippen LogP contribution in [0.4, 0.5) is 17.6 Å². The summed E-state index contributed by atoms with van der Waals surface area (Å²) in [7, 11) is 0. The molecule has 3 heterocycles. The molecule has 3 saturated heterocycles. The van der Waals surface area contributed by atoms with E-state index < -0.39 is 18.0 Å². The first-order valence-electron chi connectivity index (χ1n) is 11.9. The van der Waals surface area contributed by atoms with Crippen molar-refractivity contribution in [1.29, 1.82) is 0 Å². The van der Waals surface area contributed by atoms with E-state index in [0.717, 1.165) is 38.8 Å². The minimum Gasteiger partial charge on any atom is -0.475 e. The largest absolute Gasteiger partial charge is 0.490 e. The predicted octanol–water partition coefficient (Wildman–Crippen LogP) is 3.95. The fraction of sp³-hybridized carbons (Fsp3) is 0.625. The van der Waals surface area contributed by atoms with Gasteiger partial charge in [-0.2, -0.15) is 13.2 Å². The Balaban J connectivity index is 0.000000454. The molecule has 7 nitrogen and oxygen atoms in total. The molecule has 0 saturated carbocycles. The maximum atomic E-state index is 13.7. The highest BCUT2D eigenvalue weighted by molar-refractivity contribution is 6.30. The lowest BCUT2D eigenvalue weighted by atomic mass is 9.75. The van der Waals surface area contributed by atoms with Crippen LogP contribution in [0.15, 0.2) is 18.2 Å². The Hall–Kier alpha value is -2.40. The quantitative estimate of drug-likeness (QED) is 0.570. The molecule has 1 aromatic carbocycles. The summed E-state index contributed by atoms with van der Waals surface area (Å²) in [5, 5.41) is 10.4. The number of nitrogens with one attached hydrogen (secondary N) is 1.